The van der Waals surface area contributed by atoms with E-state index in [4.69, 9.17) is 4.74 Å². The van der Waals surface area contributed by atoms with Gasteiger partial charge in [0.25, 0.3) is 11.5 Å². The van der Waals surface area contributed by atoms with Crippen molar-refractivity contribution in [1.29, 1.82) is 0 Å². The summed E-state index contributed by atoms with van der Waals surface area (Å²) in [6.45, 7) is -0.190. The molecule has 0 bridgehead atoms. The fraction of sp³-hybridized carbons (Fsp3) is 0.0833. The van der Waals surface area contributed by atoms with Crippen LogP contribution >= 0.6 is 0 Å². The summed E-state index contributed by atoms with van der Waals surface area (Å²) < 4.78 is 6.82. The molecule has 0 fully saturated rings. The third-order valence-corrected chi connectivity index (χ3v) is 4.67. The lowest BCUT2D eigenvalue weighted by atomic mass is 10.1. The molecule has 1 unspecified atom stereocenters. The number of nitrogens with zero attached hydrogens (tertiary/aromatic N) is 2. The molecule has 0 saturated carbocycles. The maximum absolute atomic E-state index is 12.9. The summed E-state index contributed by atoms with van der Waals surface area (Å²) in [5.41, 5.74) is 1.53. The van der Waals surface area contributed by atoms with E-state index in [2.05, 4.69) is 10.3 Å². The first-order valence-corrected chi connectivity index (χ1v) is 9.66. The molecule has 4 aromatic rings. The number of carbonyl (C=O) groups excluding carboxylic acids is 2. The Kier molecular flexibility index (Phi) is 5.84. The largest absolute Gasteiger partial charge is 0.457 e. The zero-order chi connectivity index (χ0) is 21.6. The highest BCUT2D eigenvalue weighted by Gasteiger charge is 2.25. The third kappa shape index (κ3) is 4.67. The molecule has 2 aromatic heterocycles. The van der Waals surface area contributed by atoms with E-state index in [-0.39, 0.29) is 12.2 Å². The number of fused-ring (bicyclic) bond motifs is 1. The fourth-order valence-electron chi connectivity index (χ4n) is 3.13. The van der Waals surface area contributed by atoms with Gasteiger partial charge < -0.3 is 10.1 Å². The minimum atomic E-state index is -1.00. The molecule has 0 saturated heterocycles. The lowest BCUT2D eigenvalue weighted by Crippen LogP contribution is -2.35. The van der Waals surface area contributed by atoms with E-state index < -0.39 is 17.9 Å². The number of carbonyl (C=O) groups is 2. The van der Waals surface area contributed by atoms with Gasteiger partial charge in [-0.2, -0.15) is 0 Å². The van der Waals surface area contributed by atoms with Gasteiger partial charge >= 0.3 is 5.97 Å². The van der Waals surface area contributed by atoms with Crippen LogP contribution in [0.25, 0.3) is 5.65 Å². The summed E-state index contributed by atoms with van der Waals surface area (Å²) in [5.74, 6) is -1.04. The van der Waals surface area contributed by atoms with E-state index in [1.54, 1.807) is 79.0 Å². The average molecular weight is 413 g/mol. The number of rotatable bonds is 6. The normalized spacial score (nSPS) is 11.6. The number of aromatic nitrogens is 2. The van der Waals surface area contributed by atoms with Gasteiger partial charge in [0.2, 0.25) is 0 Å². The van der Waals surface area contributed by atoms with Crippen LogP contribution in [0, 0.1) is 0 Å². The Balaban J connectivity index is 1.53. The minimum Gasteiger partial charge on any atom is -0.457 e. The Morgan fingerprint density at radius 1 is 0.935 bits per heavy atom. The number of ether oxygens (including phenoxy) is 1. The van der Waals surface area contributed by atoms with E-state index in [0.29, 0.717) is 22.5 Å². The monoisotopic (exact) mass is 413 g/mol. The number of esters is 1. The number of hydrogen-bond acceptors (Lipinski definition) is 5. The zero-order valence-electron chi connectivity index (χ0n) is 16.5. The first-order chi connectivity index (χ1) is 15.1. The van der Waals surface area contributed by atoms with Crippen molar-refractivity contribution in [2.24, 2.45) is 0 Å². The topological polar surface area (TPSA) is 89.8 Å². The molecular weight excluding hydrogens is 394 g/mol. The zero-order valence-corrected chi connectivity index (χ0v) is 16.5. The molecule has 7 nitrogen and oxygen atoms in total. The summed E-state index contributed by atoms with van der Waals surface area (Å²) in [6, 6.07) is 23.0. The molecule has 154 valence electrons. The van der Waals surface area contributed by atoms with Crippen LogP contribution in [-0.4, -0.2) is 21.3 Å². The predicted molar refractivity (Wildman–Crippen MR) is 114 cm³/mol. The molecule has 0 radical (unpaired) electrons. The van der Waals surface area contributed by atoms with Gasteiger partial charge in [-0.05, 0) is 29.8 Å². The summed E-state index contributed by atoms with van der Waals surface area (Å²) in [5, 5.41) is 2.73. The fourth-order valence-corrected chi connectivity index (χ4v) is 3.13. The number of nitrogens with one attached hydrogen (secondary N) is 1. The van der Waals surface area contributed by atoms with E-state index in [1.807, 2.05) is 6.07 Å². The van der Waals surface area contributed by atoms with E-state index in [1.165, 1.54) is 10.5 Å². The number of pyridine rings is 1. The summed E-state index contributed by atoms with van der Waals surface area (Å²) in [7, 11) is 0. The van der Waals surface area contributed by atoms with Gasteiger partial charge in [0.05, 0.1) is 5.69 Å². The van der Waals surface area contributed by atoms with E-state index in [0.717, 1.165) is 0 Å². The predicted octanol–water partition coefficient (Wildman–Crippen LogP) is 2.91. The van der Waals surface area contributed by atoms with Gasteiger partial charge in [0.15, 0.2) is 6.04 Å². The van der Waals surface area contributed by atoms with Crippen LogP contribution in [0.3, 0.4) is 0 Å². The van der Waals surface area contributed by atoms with E-state index in [9.17, 15) is 14.4 Å². The van der Waals surface area contributed by atoms with Crippen LogP contribution in [0.2, 0.25) is 0 Å². The maximum Gasteiger partial charge on any atom is 0.333 e. The highest BCUT2D eigenvalue weighted by molar-refractivity contribution is 5.97. The van der Waals surface area contributed by atoms with E-state index >= 15 is 0 Å². The lowest BCUT2D eigenvalue weighted by Gasteiger charge is -2.18. The Morgan fingerprint density at radius 3 is 2.35 bits per heavy atom. The Morgan fingerprint density at radius 2 is 1.61 bits per heavy atom. The first kappa shape index (κ1) is 20.0. The van der Waals surface area contributed by atoms with Crippen molar-refractivity contribution in [3.8, 4) is 0 Å². The molecule has 31 heavy (non-hydrogen) atoms. The second-order valence-electron chi connectivity index (χ2n) is 6.81. The van der Waals surface area contributed by atoms with Crippen molar-refractivity contribution in [2.45, 2.75) is 12.6 Å². The second kappa shape index (κ2) is 9.04. The molecule has 2 heterocycles. The molecule has 1 N–H and O–H groups in total. The Hall–Kier alpha value is -4.26. The number of benzene rings is 2. The quantitative estimate of drug-likeness (QED) is 0.491. The smallest absolute Gasteiger partial charge is 0.333 e. The molecule has 1 amide bonds. The van der Waals surface area contributed by atoms with Gasteiger partial charge in [-0.3, -0.25) is 14.0 Å². The van der Waals surface area contributed by atoms with Crippen molar-refractivity contribution in [3.05, 3.63) is 118 Å². The molecule has 4 rings (SSSR count). The van der Waals surface area contributed by atoms with Gasteiger partial charge in [0.1, 0.15) is 12.3 Å². The first-order valence-electron chi connectivity index (χ1n) is 9.66. The van der Waals surface area contributed by atoms with Crippen LogP contribution in [0.5, 0.6) is 0 Å². The van der Waals surface area contributed by atoms with Crippen molar-refractivity contribution < 1.29 is 14.3 Å². The molecule has 0 spiro atoms. The van der Waals surface area contributed by atoms with Gasteiger partial charge in [0, 0.05) is 17.8 Å². The van der Waals surface area contributed by atoms with Gasteiger partial charge in [-0.25, -0.2) is 9.78 Å². The molecule has 2 aromatic carbocycles. The summed E-state index contributed by atoms with van der Waals surface area (Å²) >= 11 is 0. The SMILES string of the molecule is O=C(NC(C(=O)OCc1cc(=O)n2ccccc2n1)c1ccccc1)c1ccccc1. The Labute approximate surface area is 178 Å². The average Bonchev–Trinajstić information content (AvgIpc) is 2.82. The Bertz CT molecular complexity index is 1270. The van der Waals surface area contributed by atoms with Crippen molar-refractivity contribution >= 4 is 17.5 Å². The molecule has 1 atom stereocenters. The number of hydrogen-bond donors (Lipinski definition) is 1. The molecular formula is C24H19N3O4. The molecule has 7 heteroatoms. The van der Waals surface area contributed by atoms with Crippen molar-refractivity contribution in [1.82, 2.24) is 14.7 Å². The molecule has 0 aliphatic heterocycles. The molecule has 0 aliphatic rings. The summed E-state index contributed by atoms with van der Waals surface area (Å²) in [6.07, 6.45) is 1.62. The highest BCUT2D eigenvalue weighted by Crippen LogP contribution is 2.16. The molecule has 0 aliphatic carbocycles. The van der Waals surface area contributed by atoms with Crippen LogP contribution in [0.1, 0.15) is 27.7 Å². The minimum absolute atomic E-state index is 0.190. The van der Waals surface area contributed by atoms with Crippen LogP contribution in [-0.2, 0) is 16.1 Å². The van der Waals surface area contributed by atoms with Crippen LogP contribution < -0.4 is 10.9 Å². The lowest BCUT2D eigenvalue weighted by molar-refractivity contribution is -0.147. The van der Waals surface area contributed by atoms with Crippen LogP contribution in [0.15, 0.2) is 95.9 Å². The number of amides is 1. The standard InChI is InChI=1S/C24H19N3O4/c28-21-15-19(25-20-13-7-8-14-27(20)21)16-31-24(30)22(17-9-3-1-4-10-17)26-23(29)18-11-5-2-6-12-18/h1-15,22H,16H2,(H,26,29). The van der Waals surface area contributed by atoms with Gasteiger partial charge in [-0.15, -0.1) is 0 Å². The second-order valence-corrected chi connectivity index (χ2v) is 6.81. The van der Waals surface area contributed by atoms with Gasteiger partial charge in [-0.1, -0.05) is 54.6 Å². The van der Waals surface area contributed by atoms with Crippen LogP contribution in [0.4, 0.5) is 0 Å². The third-order valence-electron chi connectivity index (χ3n) is 4.67. The van der Waals surface area contributed by atoms with Crippen molar-refractivity contribution in [3.63, 3.8) is 0 Å². The van der Waals surface area contributed by atoms with Crippen molar-refractivity contribution in [2.75, 3.05) is 0 Å². The highest BCUT2D eigenvalue weighted by atomic mass is 16.5. The summed E-state index contributed by atoms with van der Waals surface area (Å²) in [4.78, 5) is 42.1. The maximum atomic E-state index is 12.9.